The molecule has 2 aliphatic heterocycles. The molecule has 1 amide bonds. The summed E-state index contributed by atoms with van der Waals surface area (Å²) in [6.07, 6.45) is 1.67. The molecule has 6 heteroatoms. The average molecular weight is 398 g/mol. The lowest BCUT2D eigenvalue weighted by atomic mass is 9.88. The van der Waals surface area contributed by atoms with E-state index < -0.39 is 0 Å². The van der Waals surface area contributed by atoms with Crippen LogP contribution >= 0.6 is 0 Å². The highest BCUT2D eigenvalue weighted by molar-refractivity contribution is 5.95. The SMILES string of the molecule is CCOc1ccccc1CN1CCC2(CC1)CN(c1cccc(F)c1)C(=O)CO2. The molecule has 0 unspecified atom stereocenters. The summed E-state index contributed by atoms with van der Waals surface area (Å²) < 4.78 is 25.4. The highest BCUT2D eigenvalue weighted by Crippen LogP contribution is 2.34. The summed E-state index contributed by atoms with van der Waals surface area (Å²) in [6.45, 7) is 5.75. The number of carbonyl (C=O) groups excluding carboxylic acids is 1. The number of piperidine rings is 1. The summed E-state index contributed by atoms with van der Waals surface area (Å²) >= 11 is 0. The van der Waals surface area contributed by atoms with Crippen LogP contribution in [0.1, 0.15) is 25.3 Å². The van der Waals surface area contributed by atoms with Gasteiger partial charge in [0.15, 0.2) is 0 Å². The maximum atomic E-state index is 13.6. The highest BCUT2D eigenvalue weighted by Gasteiger charge is 2.42. The molecule has 2 saturated heterocycles. The topological polar surface area (TPSA) is 42.0 Å². The van der Waals surface area contributed by atoms with Crippen molar-refractivity contribution >= 4 is 11.6 Å². The number of hydrogen-bond donors (Lipinski definition) is 0. The van der Waals surface area contributed by atoms with Crippen molar-refractivity contribution in [3.63, 3.8) is 0 Å². The lowest BCUT2D eigenvalue weighted by Gasteiger charge is -2.47. The predicted octanol–water partition coefficient (Wildman–Crippen LogP) is 3.62. The molecule has 1 spiro atoms. The van der Waals surface area contributed by atoms with E-state index in [9.17, 15) is 9.18 Å². The summed E-state index contributed by atoms with van der Waals surface area (Å²) in [4.78, 5) is 16.5. The van der Waals surface area contributed by atoms with Crippen molar-refractivity contribution in [3.05, 3.63) is 59.9 Å². The van der Waals surface area contributed by atoms with Crippen molar-refractivity contribution < 1.29 is 18.7 Å². The van der Waals surface area contributed by atoms with Crippen LogP contribution in [0.4, 0.5) is 10.1 Å². The fourth-order valence-corrected chi connectivity index (χ4v) is 4.19. The number of para-hydroxylation sites is 1. The summed E-state index contributed by atoms with van der Waals surface area (Å²) in [5.41, 5.74) is 1.42. The Kier molecular flexibility index (Phi) is 5.83. The molecule has 0 aliphatic carbocycles. The maximum Gasteiger partial charge on any atom is 0.253 e. The third kappa shape index (κ3) is 4.43. The average Bonchev–Trinajstić information content (AvgIpc) is 2.73. The van der Waals surface area contributed by atoms with Gasteiger partial charge in [0.25, 0.3) is 5.91 Å². The van der Waals surface area contributed by atoms with E-state index >= 15 is 0 Å². The molecule has 2 aromatic carbocycles. The number of ether oxygens (including phenoxy) is 2. The molecule has 2 fully saturated rings. The normalized spacial score (nSPS) is 19.5. The van der Waals surface area contributed by atoms with Crippen LogP contribution in [0, 0.1) is 5.82 Å². The first kappa shape index (κ1) is 19.9. The van der Waals surface area contributed by atoms with Crippen LogP contribution in [-0.4, -0.2) is 49.3 Å². The number of carbonyl (C=O) groups is 1. The molecule has 5 nitrogen and oxygen atoms in total. The Morgan fingerprint density at radius 3 is 2.69 bits per heavy atom. The summed E-state index contributed by atoms with van der Waals surface area (Å²) in [5, 5.41) is 0. The van der Waals surface area contributed by atoms with Crippen LogP contribution < -0.4 is 9.64 Å². The second-order valence-electron chi connectivity index (χ2n) is 7.75. The van der Waals surface area contributed by atoms with Crippen molar-refractivity contribution in [2.24, 2.45) is 0 Å². The van der Waals surface area contributed by atoms with Crippen LogP contribution in [0.5, 0.6) is 5.75 Å². The molecule has 0 saturated carbocycles. The van der Waals surface area contributed by atoms with E-state index in [0.29, 0.717) is 18.8 Å². The number of morpholine rings is 1. The fraction of sp³-hybridized carbons (Fsp3) is 0.435. The number of anilines is 1. The van der Waals surface area contributed by atoms with Crippen LogP contribution in [0.25, 0.3) is 0 Å². The van der Waals surface area contributed by atoms with Crippen LogP contribution in [0.15, 0.2) is 48.5 Å². The van der Waals surface area contributed by atoms with Crippen LogP contribution in [-0.2, 0) is 16.1 Å². The molecule has 2 heterocycles. The van der Waals surface area contributed by atoms with Gasteiger partial charge in [0.05, 0.1) is 18.8 Å². The van der Waals surface area contributed by atoms with Crippen LogP contribution in [0.3, 0.4) is 0 Å². The molecule has 0 N–H and O–H groups in total. The summed E-state index contributed by atoms with van der Waals surface area (Å²) in [5.74, 6) is 0.486. The number of rotatable bonds is 5. The Morgan fingerprint density at radius 1 is 1.14 bits per heavy atom. The van der Waals surface area contributed by atoms with Gasteiger partial charge < -0.3 is 14.4 Å². The number of amides is 1. The van der Waals surface area contributed by atoms with E-state index in [2.05, 4.69) is 11.0 Å². The minimum absolute atomic E-state index is 0.0453. The molecule has 4 rings (SSSR count). The minimum Gasteiger partial charge on any atom is -0.494 e. The molecule has 0 bridgehead atoms. The molecular formula is C23H27FN2O3. The highest BCUT2D eigenvalue weighted by atomic mass is 19.1. The van der Waals surface area contributed by atoms with Gasteiger partial charge in [-0.25, -0.2) is 4.39 Å². The van der Waals surface area contributed by atoms with Crippen molar-refractivity contribution in [1.82, 2.24) is 4.90 Å². The molecule has 0 atom stereocenters. The Hall–Kier alpha value is -2.44. The summed E-state index contributed by atoms with van der Waals surface area (Å²) in [7, 11) is 0. The molecule has 2 aromatic rings. The van der Waals surface area contributed by atoms with E-state index in [0.717, 1.165) is 38.2 Å². The minimum atomic E-state index is -0.365. The zero-order chi connectivity index (χ0) is 20.3. The monoisotopic (exact) mass is 398 g/mol. The number of nitrogens with zero attached hydrogens (tertiary/aromatic N) is 2. The fourth-order valence-electron chi connectivity index (χ4n) is 4.19. The number of halogens is 1. The van der Waals surface area contributed by atoms with E-state index in [4.69, 9.17) is 9.47 Å². The Morgan fingerprint density at radius 2 is 1.93 bits per heavy atom. The smallest absolute Gasteiger partial charge is 0.253 e. The first-order chi connectivity index (χ1) is 14.1. The van der Waals surface area contributed by atoms with Gasteiger partial charge in [0, 0.05) is 30.9 Å². The first-order valence-electron chi connectivity index (χ1n) is 10.2. The molecule has 0 radical (unpaired) electrons. The second-order valence-corrected chi connectivity index (χ2v) is 7.75. The quantitative estimate of drug-likeness (QED) is 0.772. The Balaban J connectivity index is 1.41. The molecule has 154 valence electrons. The van der Waals surface area contributed by atoms with Crippen LogP contribution in [0.2, 0.25) is 0 Å². The van der Waals surface area contributed by atoms with E-state index in [1.807, 2.05) is 25.1 Å². The third-order valence-electron chi connectivity index (χ3n) is 5.80. The van der Waals surface area contributed by atoms with Gasteiger partial charge >= 0.3 is 0 Å². The second kappa shape index (κ2) is 8.51. The number of hydrogen-bond acceptors (Lipinski definition) is 4. The van der Waals surface area contributed by atoms with Gasteiger partial charge in [-0.05, 0) is 44.0 Å². The molecular weight excluding hydrogens is 371 g/mol. The van der Waals surface area contributed by atoms with Gasteiger partial charge in [0.2, 0.25) is 0 Å². The van der Waals surface area contributed by atoms with Gasteiger partial charge in [-0.3, -0.25) is 9.69 Å². The van der Waals surface area contributed by atoms with Crippen molar-refractivity contribution in [3.8, 4) is 5.75 Å². The van der Waals surface area contributed by atoms with Crippen molar-refractivity contribution in [2.45, 2.75) is 31.9 Å². The van der Waals surface area contributed by atoms with Gasteiger partial charge in [-0.15, -0.1) is 0 Å². The van der Waals surface area contributed by atoms with E-state index in [1.54, 1.807) is 17.0 Å². The predicted molar refractivity (Wildman–Crippen MR) is 110 cm³/mol. The lowest BCUT2D eigenvalue weighted by Crippen LogP contribution is -2.58. The lowest BCUT2D eigenvalue weighted by molar-refractivity contribution is -0.145. The van der Waals surface area contributed by atoms with Crippen molar-refractivity contribution in [2.75, 3.05) is 37.7 Å². The molecule has 29 heavy (non-hydrogen) atoms. The molecule has 2 aliphatic rings. The Labute approximate surface area is 171 Å². The van der Waals surface area contributed by atoms with E-state index in [1.165, 1.54) is 17.7 Å². The number of benzene rings is 2. The van der Waals surface area contributed by atoms with E-state index in [-0.39, 0.29) is 23.9 Å². The first-order valence-corrected chi connectivity index (χ1v) is 10.2. The van der Waals surface area contributed by atoms with Gasteiger partial charge in [-0.1, -0.05) is 24.3 Å². The molecule has 0 aromatic heterocycles. The van der Waals surface area contributed by atoms with Crippen molar-refractivity contribution in [1.29, 1.82) is 0 Å². The summed E-state index contributed by atoms with van der Waals surface area (Å²) in [6, 6.07) is 14.4. The van der Waals surface area contributed by atoms with Gasteiger partial charge in [-0.2, -0.15) is 0 Å². The third-order valence-corrected chi connectivity index (χ3v) is 5.80. The standard InChI is InChI=1S/C23H27FN2O3/c1-2-28-21-9-4-3-6-18(21)15-25-12-10-23(11-13-25)17-26(22(27)16-29-23)20-8-5-7-19(24)14-20/h3-9,14H,2,10-13,15-17H2,1H3. The van der Waals surface area contributed by atoms with Gasteiger partial charge in [0.1, 0.15) is 18.2 Å². The maximum absolute atomic E-state index is 13.6. The zero-order valence-corrected chi connectivity index (χ0v) is 16.8. The largest absolute Gasteiger partial charge is 0.494 e. The zero-order valence-electron chi connectivity index (χ0n) is 16.8. The Bertz CT molecular complexity index is 865. The number of likely N-dealkylation sites (tertiary alicyclic amines) is 1.